The second-order valence-corrected chi connectivity index (χ2v) is 7.96. The van der Waals surface area contributed by atoms with E-state index >= 15 is 0 Å². The number of carbonyl (C=O) groups is 1. The number of aryl methyl sites for hydroxylation is 2. The highest BCUT2D eigenvalue weighted by atomic mass is 16.5. The van der Waals surface area contributed by atoms with Crippen LogP contribution >= 0.6 is 0 Å². The minimum absolute atomic E-state index is 0.0100. The fraction of sp³-hybridized carbons (Fsp3) is 0.524. The highest BCUT2D eigenvalue weighted by molar-refractivity contribution is 5.90. The van der Waals surface area contributed by atoms with Gasteiger partial charge in [-0.2, -0.15) is 0 Å². The first-order valence-corrected chi connectivity index (χ1v) is 10.6. The van der Waals surface area contributed by atoms with E-state index < -0.39 is 6.04 Å². The quantitative estimate of drug-likeness (QED) is 0.662. The van der Waals surface area contributed by atoms with Crippen LogP contribution in [0.1, 0.15) is 33.5 Å². The first kappa shape index (κ1) is 21.1. The molecular formula is C21H28N8O2. The molecular weight excluding hydrogens is 396 g/mol. The topological polar surface area (TPSA) is 111 Å². The molecule has 3 aromatic rings. The van der Waals surface area contributed by atoms with Crippen molar-refractivity contribution in [3.8, 4) is 11.4 Å². The number of fused-ring (bicyclic) bond motifs is 1. The lowest BCUT2D eigenvalue weighted by molar-refractivity contribution is -0.143. The number of aromatic nitrogens is 6. The fourth-order valence-electron chi connectivity index (χ4n) is 3.97. The van der Waals surface area contributed by atoms with Crippen LogP contribution in [-0.2, 0) is 16.1 Å². The number of rotatable bonds is 5. The second kappa shape index (κ2) is 8.54. The number of hydrogen-bond donors (Lipinski definition) is 1. The Labute approximate surface area is 181 Å². The number of ether oxygens (including phenoxy) is 1. The Morgan fingerprint density at radius 2 is 1.87 bits per heavy atom. The normalized spacial score (nSPS) is 20.1. The molecule has 0 aliphatic carbocycles. The van der Waals surface area contributed by atoms with Crippen molar-refractivity contribution in [1.29, 1.82) is 0 Å². The van der Waals surface area contributed by atoms with Crippen LogP contribution in [0, 0.1) is 6.92 Å². The minimum atomic E-state index is -0.464. The minimum Gasteiger partial charge on any atom is -0.372 e. The summed E-state index contributed by atoms with van der Waals surface area (Å²) in [6.07, 6.45) is 5.03. The van der Waals surface area contributed by atoms with Crippen molar-refractivity contribution >= 4 is 22.9 Å². The number of amides is 1. The van der Waals surface area contributed by atoms with Crippen LogP contribution in [-0.4, -0.2) is 71.6 Å². The maximum Gasteiger partial charge on any atom is 0.244 e. The summed E-state index contributed by atoms with van der Waals surface area (Å²) in [4.78, 5) is 37.0. The Morgan fingerprint density at radius 3 is 2.52 bits per heavy atom. The van der Waals surface area contributed by atoms with Crippen molar-refractivity contribution in [3.63, 3.8) is 0 Å². The standard InChI is InChI=1S/C21H28N8O2/c1-6-29-19(16-7-22-15(5)23-8-16)27-17-18(24-11-25-20(17)29)26-14(4)21(30)28-9-12(2)31-13(3)10-28/h7-8,11-14H,6,9-10H2,1-5H3,(H,24,25,26)/t12-,13+,14-/m1/s1. The zero-order chi connectivity index (χ0) is 22.1. The smallest absolute Gasteiger partial charge is 0.244 e. The van der Waals surface area contributed by atoms with Gasteiger partial charge in [0.05, 0.1) is 17.8 Å². The monoisotopic (exact) mass is 424 g/mol. The van der Waals surface area contributed by atoms with Gasteiger partial charge in [0.15, 0.2) is 17.0 Å². The SMILES string of the molecule is CCn1c(-c2cnc(C)nc2)nc2c(N[C@H](C)C(=O)N3C[C@@H](C)O[C@@H](C)C3)ncnc21. The number of carbonyl (C=O) groups excluding carboxylic acids is 1. The van der Waals surface area contributed by atoms with E-state index in [0.717, 1.165) is 11.4 Å². The summed E-state index contributed by atoms with van der Waals surface area (Å²) >= 11 is 0. The molecule has 164 valence electrons. The number of nitrogens with one attached hydrogen (secondary N) is 1. The molecule has 31 heavy (non-hydrogen) atoms. The second-order valence-electron chi connectivity index (χ2n) is 7.96. The molecule has 0 bridgehead atoms. The van der Waals surface area contributed by atoms with E-state index in [1.165, 1.54) is 6.33 Å². The number of imidazole rings is 1. The Kier molecular flexibility index (Phi) is 5.81. The Bertz CT molecular complexity index is 1070. The average Bonchev–Trinajstić information content (AvgIpc) is 3.12. The first-order chi connectivity index (χ1) is 14.9. The molecule has 4 rings (SSSR count). The molecule has 1 fully saturated rings. The summed E-state index contributed by atoms with van der Waals surface area (Å²) < 4.78 is 7.74. The summed E-state index contributed by atoms with van der Waals surface area (Å²) in [5.41, 5.74) is 2.11. The van der Waals surface area contributed by atoms with Gasteiger partial charge in [-0.25, -0.2) is 24.9 Å². The Hall–Kier alpha value is -3.14. The average molecular weight is 425 g/mol. The van der Waals surface area contributed by atoms with Gasteiger partial charge in [0, 0.05) is 32.0 Å². The zero-order valence-electron chi connectivity index (χ0n) is 18.5. The van der Waals surface area contributed by atoms with Crippen molar-refractivity contribution < 1.29 is 9.53 Å². The molecule has 0 aromatic carbocycles. The van der Waals surface area contributed by atoms with E-state index in [0.29, 0.717) is 42.4 Å². The van der Waals surface area contributed by atoms with Crippen molar-refractivity contribution in [2.24, 2.45) is 0 Å². The third-order valence-electron chi connectivity index (χ3n) is 5.34. The van der Waals surface area contributed by atoms with Crippen molar-refractivity contribution in [3.05, 3.63) is 24.5 Å². The number of nitrogens with zero attached hydrogens (tertiary/aromatic N) is 7. The number of morpholine rings is 1. The van der Waals surface area contributed by atoms with E-state index in [-0.39, 0.29) is 18.1 Å². The summed E-state index contributed by atoms with van der Waals surface area (Å²) in [6.45, 7) is 11.5. The van der Waals surface area contributed by atoms with E-state index in [1.807, 2.05) is 44.1 Å². The molecule has 0 unspecified atom stereocenters. The van der Waals surface area contributed by atoms with Crippen molar-refractivity contribution in [1.82, 2.24) is 34.4 Å². The Balaban J connectivity index is 1.63. The lowest BCUT2D eigenvalue weighted by Gasteiger charge is -2.36. The molecule has 1 amide bonds. The number of hydrogen-bond acceptors (Lipinski definition) is 8. The van der Waals surface area contributed by atoms with Crippen LogP contribution in [0.5, 0.6) is 0 Å². The maximum atomic E-state index is 13.0. The van der Waals surface area contributed by atoms with Crippen LogP contribution in [0.3, 0.4) is 0 Å². The molecule has 3 aromatic heterocycles. The molecule has 1 N–H and O–H groups in total. The molecule has 1 aliphatic rings. The molecule has 1 aliphatic heterocycles. The molecule has 0 radical (unpaired) electrons. The predicted molar refractivity (Wildman–Crippen MR) is 116 cm³/mol. The van der Waals surface area contributed by atoms with Gasteiger partial charge >= 0.3 is 0 Å². The molecule has 10 heteroatoms. The molecule has 1 saturated heterocycles. The largest absolute Gasteiger partial charge is 0.372 e. The van der Waals surface area contributed by atoms with Crippen LogP contribution < -0.4 is 5.32 Å². The highest BCUT2D eigenvalue weighted by Gasteiger charge is 2.29. The van der Waals surface area contributed by atoms with Crippen molar-refractivity contribution in [2.75, 3.05) is 18.4 Å². The van der Waals surface area contributed by atoms with Gasteiger partial charge in [-0.05, 0) is 34.6 Å². The third-order valence-corrected chi connectivity index (χ3v) is 5.34. The Morgan fingerprint density at radius 1 is 1.19 bits per heavy atom. The number of anilines is 1. The van der Waals surface area contributed by atoms with Gasteiger partial charge in [-0.3, -0.25) is 4.79 Å². The summed E-state index contributed by atoms with van der Waals surface area (Å²) in [6, 6.07) is -0.464. The van der Waals surface area contributed by atoms with Gasteiger partial charge in [0.2, 0.25) is 5.91 Å². The van der Waals surface area contributed by atoms with Crippen LogP contribution in [0.25, 0.3) is 22.6 Å². The van der Waals surface area contributed by atoms with Crippen LogP contribution in [0.15, 0.2) is 18.7 Å². The van der Waals surface area contributed by atoms with E-state index in [2.05, 4.69) is 25.3 Å². The van der Waals surface area contributed by atoms with Crippen molar-refractivity contribution in [2.45, 2.75) is 59.4 Å². The fourth-order valence-corrected chi connectivity index (χ4v) is 3.97. The third kappa shape index (κ3) is 4.20. The van der Waals surface area contributed by atoms with E-state index in [4.69, 9.17) is 9.72 Å². The highest BCUT2D eigenvalue weighted by Crippen LogP contribution is 2.26. The van der Waals surface area contributed by atoms with Gasteiger partial charge in [-0.1, -0.05) is 0 Å². The summed E-state index contributed by atoms with van der Waals surface area (Å²) in [5.74, 6) is 1.96. The van der Waals surface area contributed by atoms with E-state index in [9.17, 15) is 4.79 Å². The zero-order valence-corrected chi connectivity index (χ0v) is 18.5. The summed E-state index contributed by atoms with van der Waals surface area (Å²) in [7, 11) is 0. The van der Waals surface area contributed by atoms with Gasteiger partial charge in [0.1, 0.15) is 24.0 Å². The van der Waals surface area contributed by atoms with Gasteiger partial charge in [-0.15, -0.1) is 0 Å². The maximum absolute atomic E-state index is 13.0. The molecule has 0 spiro atoms. The van der Waals surface area contributed by atoms with Gasteiger partial charge in [0.25, 0.3) is 0 Å². The lowest BCUT2D eigenvalue weighted by Crippen LogP contribution is -2.52. The van der Waals surface area contributed by atoms with Gasteiger partial charge < -0.3 is 19.5 Å². The molecule has 4 heterocycles. The summed E-state index contributed by atoms with van der Waals surface area (Å²) in [5, 5.41) is 3.25. The molecule has 10 nitrogen and oxygen atoms in total. The first-order valence-electron chi connectivity index (χ1n) is 10.6. The lowest BCUT2D eigenvalue weighted by atomic mass is 10.2. The molecule has 3 atom stereocenters. The molecule has 0 saturated carbocycles. The predicted octanol–water partition coefficient (Wildman–Crippen LogP) is 2.05. The van der Waals surface area contributed by atoms with Crippen LogP contribution in [0.4, 0.5) is 5.82 Å². The van der Waals surface area contributed by atoms with E-state index in [1.54, 1.807) is 12.4 Å². The van der Waals surface area contributed by atoms with Crippen LogP contribution in [0.2, 0.25) is 0 Å².